The molecule has 0 radical (unpaired) electrons. The fraction of sp³-hybridized carbons (Fsp3) is 0.400. The standard InChI is InChI=1S/C25H30N4O5/c1-3-5-12-28-23-22(27(17-26-23)15-21-7-6-13-33-21)24(31)29(25(28)32)14-19(30)16-34-20-10-8-18(4-2)9-11-20/h6-11,13,17,19,30H,3-5,12,14-16H2,1-2H3/t19-/m1/s1. The van der Waals surface area contributed by atoms with Crippen molar-refractivity contribution in [2.24, 2.45) is 0 Å². The molecule has 0 saturated carbocycles. The Morgan fingerprint density at radius 2 is 1.91 bits per heavy atom. The summed E-state index contributed by atoms with van der Waals surface area (Å²) >= 11 is 0. The van der Waals surface area contributed by atoms with Gasteiger partial charge in [-0.1, -0.05) is 32.4 Å². The molecule has 3 heterocycles. The number of benzene rings is 1. The summed E-state index contributed by atoms with van der Waals surface area (Å²) in [6.07, 6.45) is 4.63. The van der Waals surface area contributed by atoms with E-state index >= 15 is 0 Å². The number of aliphatic hydroxyl groups is 1. The molecule has 0 aliphatic rings. The van der Waals surface area contributed by atoms with E-state index in [4.69, 9.17) is 9.15 Å². The third-order valence-electron chi connectivity index (χ3n) is 5.79. The van der Waals surface area contributed by atoms with Crippen LogP contribution in [0, 0.1) is 0 Å². The van der Waals surface area contributed by atoms with Crippen molar-refractivity contribution in [1.82, 2.24) is 18.7 Å². The smallest absolute Gasteiger partial charge is 0.332 e. The molecule has 9 nitrogen and oxygen atoms in total. The highest BCUT2D eigenvalue weighted by Crippen LogP contribution is 2.14. The number of aliphatic hydroxyl groups excluding tert-OH is 1. The topological polar surface area (TPSA) is 104 Å². The minimum atomic E-state index is -1.05. The number of hydrogen-bond donors (Lipinski definition) is 1. The van der Waals surface area contributed by atoms with Crippen LogP contribution < -0.4 is 16.0 Å². The predicted octanol–water partition coefficient (Wildman–Crippen LogP) is 2.80. The maximum atomic E-state index is 13.4. The fourth-order valence-corrected chi connectivity index (χ4v) is 3.89. The molecule has 0 bridgehead atoms. The summed E-state index contributed by atoms with van der Waals surface area (Å²) in [4.78, 5) is 31.0. The molecule has 4 aromatic rings. The maximum Gasteiger partial charge on any atom is 0.332 e. The van der Waals surface area contributed by atoms with Gasteiger partial charge in [-0.05, 0) is 42.7 Å². The largest absolute Gasteiger partial charge is 0.491 e. The van der Waals surface area contributed by atoms with Crippen LogP contribution in [0.3, 0.4) is 0 Å². The molecule has 0 spiro atoms. The zero-order valence-corrected chi connectivity index (χ0v) is 19.5. The molecule has 0 aliphatic carbocycles. The second-order valence-corrected chi connectivity index (χ2v) is 8.29. The van der Waals surface area contributed by atoms with Gasteiger partial charge < -0.3 is 18.8 Å². The number of ether oxygens (including phenoxy) is 1. The molecule has 4 rings (SSSR count). The normalized spacial score (nSPS) is 12.3. The first-order chi connectivity index (χ1) is 16.5. The summed E-state index contributed by atoms with van der Waals surface area (Å²) in [6, 6.07) is 11.2. The first-order valence-electron chi connectivity index (χ1n) is 11.6. The number of rotatable bonds is 11. The van der Waals surface area contributed by atoms with Crippen LogP contribution in [-0.2, 0) is 26.1 Å². The van der Waals surface area contributed by atoms with Crippen LogP contribution in [0.25, 0.3) is 11.2 Å². The molecule has 0 fully saturated rings. The van der Waals surface area contributed by atoms with Gasteiger partial charge in [-0.2, -0.15) is 0 Å². The zero-order chi connectivity index (χ0) is 24.1. The Morgan fingerprint density at radius 1 is 1.12 bits per heavy atom. The summed E-state index contributed by atoms with van der Waals surface area (Å²) in [5, 5.41) is 10.6. The molecule has 180 valence electrons. The van der Waals surface area contributed by atoms with Crippen molar-refractivity contribution in [3.63, 3.8) is 0 Å². The number of aryl methyl sites for hydroxylation is 2. The van der Waals surface area contributed by atoms with Gasteiger partial charge in [0, 0.05) is 6.54 Å². The van der Waals surface area contributed by atoms with Crippen LogP contribution in [0.2, 0.25) is 0 Å². The van der Waals surface area contributed by atoms with Gasteiger partial charge in [0.25, 0.3) is 5.56 Å². The number of fused-ring (bicyclic) bond motifs is 1. The third-order valence-corrected chi connectivity index (χ3v) is 5.79. The first kappa shape index (κ1) is 23.6. The highest BCUT2D eigenvalue weighted by molar-refractivity contribution is 5.70. The van der Waals surface area contributed by atoms with Gasteiger partial charge in [-0.25, -0.2) is 9.78 Å². The quantitative estimate of drug-likeness (QED) is 0.365. The number of nitrogens with zero attached hydrogens (tertiary/aromatic N) is 4. The van der Waals surface area contributed by atoms with E-state index in [0.717, 1.165) is 23.8 Å². The van der Waals surface area contributed by atoms with Crippen molar-refractivity contribution < 1.29 is 14.3 Å². The van der Waals surface area contributed by atoms with E-state index in [1.165, 1.54) is 10.1 Å². The highest BCUT2D eigenvalue weighted by atomic mass is 16.5. The number of aromatic nitrogens is 4. The van der Waals surface area contributed by atoms with Gasteiger partial charge in [-0.15, -0.1) is 0 Å². The van der Waals surface area contributed by atoms with Crippen molar-refractivity contribution in [2.45, 2.75) is 58.8 Å². The van der Waals surface area contributed by atoms with Crippen molar-refractivity contribution in [2.75, 3.05) is 6.61 Å². The van der Waals surface area contributed by atoms with Crippen molar-refractivity contribution in [3.05, 3.63) is 81.2 Å². The Balaban J connectivity index is 1.63. The van der Waals surface area contributed by atoms with Gasteiger partial charge in [0.05, 0.1) is 25.7 Å². The van der Waals surface area contributed by atoms with Crippen LogP contribution in [0.15, 0.2) is 63.0 Å². The first-order valence-corrected chi connectivity index (χ1v) is 11.6. The van der Waals surface area contributed by atoms with Crippen molar-refractivity contribution >= 4 is 11.2 Å². The van der Waals surface area contributed by atoms with E-state index < -0.39 is 17.4 Å². The maximum absolute atomic E-state index is 13.4. The Kier molecular flexibility index (Phi) is 7.32. The minimum Gasteiger partial charge on any atom is -0.491 e. The number of unbranched alkanes of at least 4 members (excludes halogenated alkanes) is 1. The van der Waals surface area contributed by atoms with Crippen LogP contribution in [0.5, 0.6) is 5.75 Å². The second-order valence-electron chi connectivity index (χ2n) is 8.29. The Hall–Kier alpha value is -3.59. The molecule has 0 aliphatic heterocycles. The van der Waals surface area contributed by atoms with Gasteiger partial charge in [0.15, 0.2) is 11.2 Å². The molecule has 0 saturated heterocycles. The van der Waals surface area contributed by atoms with E-state index in [-0.39, 0.29) is 13.2 Å². The predicted molar refractivity (Wildman–Crippen MR) is 128 cm³/mol. The summed E-state index contributed by atoms with van der Waals surface area (Å²) in [5.41, 5.74) is 0.846. The van der Waals surface area contributed by atoms with Gasteiger partial charge in [-0.3, -0.25) is 13.9 Å². The fourth-order valence-electron chi connectivity index (χ4n) is 3.89. The molecule has 0 amide bonds. The average molecular weight is 467 g/mol. The minimum absolute atomic E-state index is 0.0456. The molecule has 1 aromatic carbocycles. The average Bonchev–Trinajstić information content (AvgIpc) is 3.51. The molecule has 34 heavy (non-hydrogen) atoms. The van der Waals surface area contributed by atoms with Crippen LogP contribution >= 0.6 is 0 Å². The van der Waals surface area contributed by atoms with E-state index in [2.05, 4.69) is 11.9 Å². The molecule has 3 aromatic heterocycles. The summed E-state index contributed by atoms with van der Waals surface area (Å²) in [6.45, 7) is 4.61. The van der Waals surface area contributed by atoms with E-state index in [1.54, 1.807) is 23.2 Å². The van der Waals surface area contributed by atoms with E-state index in [9.17, 15) is 14.7 Å². The SMILES string of the molecule is CCCCn1c(=O)n(C[C@@H](O)COc2ccc(CC)cc2)c(=O)c2c1ncn2Cc1ccco1. The third kappa shape index (κ3) is 4.99. The second kappa shape index (κ2) is 10.6. The molecular weight excluding hydrogens is 436 g/mol. The van der Waals surface area contributed by atoms with Crippen LogP contribution in [0.4, 0.5) is 0 Å². The van der Waals surface area contributed by atoms with Gasteiger partial charge in [0.2, 0.25) is 0 Å². The van der Waals surface area contributed by atoms with Gasteiger partial charge in [0.1, 0.15) is 24.2 Å². The Labute approximate surface area is 196 Å². The zero-order valence-electron chi connectivity index (χ0n) is 19.5. The van der Waals surface area contributed by atoms with Crippen molar-refractivity contribution in [1.29, 1.82) is 0 Å². The highest BCUT2D eigenvalue weighted by Gasteiger charge is 2.20. The lowest BCUT2D eigenvalue weighted by Gasteiger charge is -2.16. The molecule has 1 N–H and O–H groups in total. The molecular formula is C25H30N4O5. The number of hydrogen-bond acceptors (Lipinski definition) is 6. The van der Waals surface area contributed by atoms with Crippen molar-refractivity contribution in [3.8, 4) is 5.75 Å². The van der Waals surface area contributed by atoms with E-state index in [0.29, 0.717) is 35.8 Å². The number of furan rings is 1. The van der Waals surface area contributed by atoms with Crippen LogP contribution in [-0.4, -0.2) is 36.5 Å². The molecule has 9 heteroatoms. The summed E-state index contributed by atoms with van der Waals surface area (Å²) < 4.78 is 15.4. The molecule has 1 atom stereocenters. The van der Waals surface area contributed by atoms with Gasteiger partial charge >= 0.3 is 5.69 Å². The molecule has 0 unspecified atom stereocenters. The monoisotopic (exact) mass is 466 g/mol. The van der Waals surface area contributed by atoms with E-state index in [1.807, 2.05) is 37.3 Å². The lowest BCUT2D eigenvalue weighted by molar-refractivity contribution is 0.0901. The lowest BCUT2D eigenvalue weighted by atomic mass is 10.2. The number of imidazole rings is 1. The lowest BCUT2D eigenvalue weighted by Crippen LogP contribution is -2.44. The summed E-state index contributed by atoms with van der Waals surface area (Å²) in [5.74, 6) is 1.29. The van der Waals surface area contributed by atoms with Crippen LogP contribution in [0.1, 0.15) is 38.0 Å². The Morgan fingerprint density at radius 3 is 2.59 bits per heavy atom. The Bertz CT molecular complexity index is 1330. The summed E-state index contributed by atoms with van der Waals surface area (Å²) in [7, 11) is 0.